The number of nitrogens with one attached hydrogen (secondary N) is 1. The summed E-state index contributed by atoms with van der Waals surface area (Å²) in [6, 6.07) is 7.05. The van der Waals surface area contributed by atoms with Gasteiger partial charge in [-0.1, -0.05) is 12.1 Å². The van der Waals surface area contributed by atoms with E-state index in [0.717, 1.165) is 5.75 Å². The van der Waals surface area contributed by atoms with E-state index in [9.17, 15) is 14.7 Å². The normalized spacial score (nSPS) is 20.4. The zero-order chi connectivity index (χ0) is 16.0. The Bertz CT molecular complexity index is 542. The van der Waals surface area contributed by atoms with Crippen LogP contribution in [0, 0.1) is 0 Å². The summed E-state index contributed by atoms with van der Waals surface area (Å²) in [7, 11) is 0. The lowest BCUT2D eigenvalue weighted by Gasteiger charge is -2.24. The average Bonchev–Trinajstić information content (AvgIpc) is 2.96. The molecular weight excluding hydrogens is 306 g/mol. The Hall–Kier alpha value is -1.89. The Morgan fingerprint density at radius 3 is 2.55 bits per heavy atom. The van der Waals surface area contributed by atoms with Crippen molar-refractivity contribution in [1.82, 2.24) is 5.32 Å². The van der Waals surface area contributed by atoms with Gasteiger partial charge in [-0.05, 0) is 31.2 Å². The minimum absolute atomic E-state index is 0.246. The second kappa shape index (κ2) is 7.40. The van der Waals surface area contributed by atoms with E-state index in [1.54, 1.807) is 18.2 Å². The minimum atomic E-state index is -1.18. The van der Waals surface area contributed by atoms with Gasteiger partial charge in [-0.3, -0.25) is 4.79 Å². The number of ether oxygens (including phenoxy) is 2. The number of para-hydroxylation sites is 2. The number of hydrogen-bond acceptors (Lipinski definition) is 5. The Kier molecular flexibility index (Phi) is 5.54. The Morgan fingerprint density at radius 2 is 2.00 bits per heavy atom. The zero-order valence-electron chi connectivity index (χ0n) is 12.3. The molecule has 1 fully saturated rings. The molecule has 1 aliphatic heterocycles. The predicted molar refractivity (Wildman–Crippen MR) is 83.6 cm³/mol. The molecule has 1 aromatic rings. The molecule has 0 aromatic heterocycles. The van der Waals surface area contributed by atoms with Crippen molar-refractivity contribution < 1.29 is 24.2 Å². The zero-order valence-corrected chi connectivity index (χ0v) is 13.1. The van der Waals surface area contributed by atoms with Crippen molar-refractivity contribution in [3.63, 3.8) is 0 Å². The standard InChI is InChI=1S/C15H19NO5S/c1-2-20-11-5-3-4-6-12(11)21-9-13(17)16-15(14(18)19)7-8-22-10-15/h3-6H,2,7-10H2,1H3,(H,16,17)(H,18,19)/t15-/m0/s1. The molecule has 0 spiro atoms. The third-order valence-electron chi connectivity index (χ3n) is 3.32. The van der Waals surface area contributed by atoms with Crippen molar-refractivity contribution in [2.75, 3.05) is 24.7 Å². The number of amides is 1. The Labute approximate surface area is 133 Å². The van der Waals surface area contributed by atoms with Gasteiger partial charge >= 0.3 is 5.97 Å². The van der Waals surface area contributed by atoms with Crippen LogP contribution in [0.25, 0.3) is 0 Å². The van der Waals surface area contributed by atoms with Crippen molar-refractivity contribution in [3.05, 3.63) is 24.3 Å². The lowest BCUT2D eigenvalue weighted by molar-refractivity contribution is -0.146. The van der Waals surface area contributed by atoms with Gasteiger partial charge in [0.25, 0.3) is 5.91 Å². The van der Waals surface area contributed by atoms with Gasteiger partial charge in [0, 0.05) is 5.75 Å². The first-order valence-corrected chi connectivity index (χ1v) is 8.19. The van der Waals surface area contributed by atoms with E-state index in [0.29, 0.717) is 30.3 Å². The quantitative estimate of drug-likeness (QED) is 0.791. The van der Waals surface area contributed by atoms with Crippen molar-refractivity contribution in [1.29, 1.82) is 0 Å². The van der Waals surface area contributed by atoms with Crippen LogP contribution in [-0.4, -0.2) is 47.2 Å². The second-order valence-electron chi connectivity index (χ2n) is 4.91. The monoisotopic (exact) mass is 325 g/mol. The van der Waals surface area contributed by atoms with Gasteiger partial charge in [0.05, 0.1) is 6.61 Å². The molecule has 1 amide bonds. The molecule has 1 heterocycles. The van der Waals surface area contributed by atoms with E-state index < -0.39 is 17.4 Å². The maximum Gasteiger partial charge on any atom is 0.330 e. The molecule has 2 N–H and O–H groups in total. The van der Waals surface area contributed by atoms with Crippen molar-refractivity contribution >= 4 is 23.6 Å². The number of thioether (sulfide) groups is 1. The number of carbonyl (C=O) groups excluding carboxylic acids is 1. The van der Waals surface area contributed by atoms with Gasteiger partial charge in [-0.2, -0.15) is 11.8 Å². The Balaban J connectivity index is 1.94. The molecular formula is C15H19NO5S. The van der Waals surface area contributed by atoms with Crippen LogP contribution in [0.15, 0.2) is 24.3 Å². The molecule has 22 heavy (non-hydrogen) atoms. The molecule has 1 aliphatic rings. The highest BCUT2D eigenvalue weighted by molar-refractivity contribution is 7.99. The van der Waals surface area contributed by atoms with E-state index in [1.807, 2.05) is 13.0 Å². The Morgan fingerprint density at radius 1 is 1.32 bits per heavy atom. The maximum atomic E-state index is 12.0. The number of carboxylic acids is 1. The van der Waals surface area contributed by atoms with Crippen LogP contribution in [0.1, 0.15) is 13.3 Å². The first-order valence-electron chi connectivity index (χ1n) is 7.04. The lowest BCUT2D eigenvalue weighted by atomic mass is 9.99. The van der Waals surface area contributed by atoms with Gasteiger partial charge in [0.15, 0.2) is 18.1 Å². The summed E-state index contributed by atoms with van der Waals surface area (Å²) in [5.41, 5.74) is -1.18. The number of aliphatic carboxylic acids is 1. The molecule has 0 bridgehead atoms. The van der Waals surface area contributed by atoms with Crippen LogP contribution >= 0.6 is 11.8 Å². The van der Waals surface area contributed by atoms with Gasteiger partial charge < -0.3 is 19.9 Å². The van der Waals surface area contributed by atoms with Crippen molar-refractivity contribution in [3.8, 4) is 11.5 Å². The molecule has 0 unspecified atom stereocenters. The van der Waals surface area contributed by atoms with Gasteiger partial charge in [0.1, 0.15) is 5.54 Å². The van der Waals surface area contributed by atoms with Gasteiger partial charge in [-0.25, -0.2) is 4.79 Å². The lowest BCUT2D eigenvalue weighted by Crippen LogP contribution is -2.55. The summed E-state index contributed by atoms with van der Waals surface area (Å²) in [5.74, 6) is 0.674. The van der Waals surface area contributed by atoms with Crippen LogP contribution < -0.4 is 14.8 Å². The highest BCUT2D eigenvalue weighted by Gasteiger charge is 2.43. The highest BCUT2D eigenvalue weighted by Crippen LogP contribution is 2.29. The fourth-order valence-electron chi connectivity index (χ4n) is 2.18. The molecule has 0 aliphatic carbocycles. The van der Waals surface area contributed by atoms with Crippen molar-refractivity contribution in [2.45, 2.75) is 18.9 Å². The van der Waals surface area contributed by atoms with Gasteiger partial charge in [-0.15, -0.1) is 0 Å². The molecule has 1 saturated heterocycles. The van der Waals surface area contributed by atoms with Gasteiger partial charge in [0.2, 0.25) is 0 Å². The third kappa shape index (κ3) is 3.85. The topological polar surface area (TPSA) is 84.9 Å². The minimum Gasteiger partial charge on any atom is -0.490 e. The first-order chi connectivity index (χ1) is 10.6. The predicted octanol–water partition coefficient (Wildman–Crippen LogP) is 1.54. The van der Waals surface area contributed by atoms with Crippen LogP contribution in [-0.2, 0) is 9.59 Å². The third-order valence-corrected chi connectivity index (χ3v) is 4.51. The molecule has 1 aromatic carbocycles. The SMILES string of the molecule is CCOc1ccccc1OCC(=O)N[C@@]1(C(=O)O)CCSC1. The van der Waals surface area contributed by atoms with E-state index in [2.05, 4.69) is 5.32 Å². The summed E-state index contributed by atoms with van der Waals surface area (Å²) in [4.78, 5) is 23.4. The smallest absolute Gasteiger partial charge is 0.330 e. The number of carbonyl (C=O) groups is 2. The van der Waals surface area contributed by atoms with Crippen molar-refractivity contribution in [2.24, 2.45) is 0 Å². The molecule has 120 valence electrons. The highest BCUT2D eigenvalue weighted by atomic mass is 32.2. The second-order valence-corrected chi connectivity index (χ2v) is 6.01. The molecule has 0 saturated carbocycles. The van der Waals surface area contributed by atoms with Crippen LogP contribution in [0.4, 0.5) is 0 Å². The first kappa shape index (κ1) is 16.5. The largest absolute Gasteiger partial charge is 0.490 e. The molecule has 6 nitrogen and oxygen atoms in total. The fraction of sp³-hybridized carbons (Fsp3) is 0.467. The van der Waals surface area contributed by atoms with E-state index in [-0.39, 0.29) is 6.61 Å². The van der Waals surface area contributed by atoms with Crippen LogP contribution in [0.5, 0.6) is 11.5 Å². The molecule has 0 radical (unpaired) electrons. The summed E-state index contributed by atoms with van der Waals surface area (Å²) in [6.07, 6.45) is 0.425. The average molecular weight is 325 g/mol. The summed E-state index contributed by atoms with van der Waals surface area (Å²) in [5, 5.41) is 11.9. The molecule has 2 rings (SSSR count). The number of hydrogen-bond donors (Lipinski definition) is 2. The summed E-state index contributed by atoms with van der Waals surface area (Å²) < 4.78 is 10.9. The molecule has 1 atom stereocenters. The fourth-order valence-corrected chi connectivity index (χ4v) is 3.50. The summed E-state index contributed by atoms with van der Waals surface area (Å²) >= 11 is 1.52. The van der Waals surface area contributed by atoms with E-state index >= 15 is 0 Å². The number of benzene rings is 1. The maximum absolute atomic E-state index is 12.0. The van der Waals surface area contributed by atoms with Crippen LogP contribution in [0.2, 0.25) is 0 Å². The molecule has 7 heteroatoms. The van der Waals surface area contributed by atoms with Crippen LogP contribution in [0.3, 0.4) is 0 Å². The van der Waals surface area contributed by atoms with E-state index in [1.165, 1.54) is 11.8 Å². The number of rotatable bonds is 7. The number of carboxylic acid groups (broad SMARTS) is 1. The van der Waals surface area contributed by atoms with E-state index in [4.69, 9.17) is 9.47 Å². The summed E-state index contributed by atoms with van der Waals surface area (Å²) in [6.45, 7) is 2.10.